The van der Waals surface area contributed by atoms with Crippen molar-refractivity contribution in [2.45, 2.75) is 51.0 Å². The lowest BCUT2D eigenvalue weighted by Crippen LogP contribution is -2.55. The van der Waals surface area contributed by atoms with Crippen LogP contribution < -0.4 is 14.8 Å². The third-order valence-electron chi connectivity index (χ3n) is 7.18. The van der Waals surface area contributed by atoms with Crippen LogP contribution >= 0.6 is 35.6 Å². The minimum atomic E-state index is -1.32. The molecule has 12 heteroatoms. The molecule has 2 aromatic heterocycles. The Balaban J connectivity index is 0.00000506. The van der Waals surface area contributed by atoms with Gasteiger partial charge in [-0.25, -0.2) is 14.8 Å². The summed E-state index contributed by atoms with van der Waals surface area (Å²) in [4.78, 5) is 37.1. The number of hydrogen-bond acceptors (Lipinski definition) is 7. The number of amides is 1. The minimum Gasteiger partial charge on any atom is -0.492 e. The lowest BCUT2D eigenvalue weighted by Gasteiger charge is -2.33. The molecule has 3 aromatic rings. The van der Waals surface area contributed by atoms with E-state index >= 15 is 0 Å². The number of carboxylic acids is 1. The van der Waals surface area contributed by atoms with Crippen LogP contribution in [0.3, 0.4) is 0 Å². The lowest BCUT2D eigenvalue weighted by atomic mass is 9.81. The Labute approximate surface area is 268 Å². The summed E-state index contributed by atoms with van der Waals surface area (Å²) in [5, 5.41) is 13.6. The number of aliphatic carboxylic acids is 1. The van der Waals surface area contributed by atoms with Crippen molar-refractivity contribution in [2.75, 3.05) is 33.9 Å². The van der Waals surface area contributed by atoms with Gasteiger partial charge >= 0.3 is 5.97 Å². The van der Waals surface area contributed by atoms with Crippen LogP contribution in [-0.2, 0) is 4.79 Å². The molecule has 232 valence electrons. The van der Waals surface area contributed by atoms with Gasteiger partial charge in [0.15, 0.2) is 0 Å². The van der Waals surface area contributed by atoms with E-state index in [-0.39, 0.29) is 18.1 Å². The van der Waals surface area contributed by atoms with Crippen molar-refractivity contribution in [1.29, 1.82) is 0 Å². The van der Waals surface area contributed by atoms with Crippen molar-refractivity contribution >= 4 is 47.5 Å². The molecule has 1 saturated carbocycles. The zero-order chi connectivity index (χ0) is 30.3. The largest absolute Gasteiger partial charge is 0.492 e. The number of nitrogens with zero attached hydrogens (tertiary/aromatic N) is 3. The zero-order valence-corrected chi connectivity index (χ0v) is 26.8. The van der Waals surface area contributed by atoms with E-state index < -0.39 is 17.4 Å². The minimum absolute atomic E-state index is 0. The lowest BCUT2D eigenvalue weighted by molar-refractivity contribution is -0.145. The predicted molar refractivity (Wildman–Crippen MR) is 171 cm³/mol. The number of carbonyl (C=O) groups is 2. The van der Waals surface area contributed by atoms with Crippen molar-refractivity contribution in [1.82, 2.24) is 20.2 Å². The van der Waals surface area contributed by atoms with E-state index in [0.29, 0.717) is 70.2 Å². The van der Waals surface area contributed by atoms with Gasteiger partial charge in [0.1, 0.15) is 17.0 Å². The molecule has 43 heavy (non-hydrogen) atoms. The molecule has 1 amide bonds. The number of pyridine rings is 2. The van der Waals surface area contributed by atoms with Gasteiger partial charge < -0.3 is 24.8 Å². The summed E-state index contributed by atoms with van der Waals surface area (Å²) in [5.41, 5.74) is 0.769. The molecule has 0 spiro atoms. The normalized spacial score (nSPS) is 14.1. The quantitative estimate of drug-likeness (QED) is 0.206. The molecule has 0 bridgehead atoms. The second-order valence-corrected chi connectivity index (χ2v) is 11.4. The van der Waals surface area contributed by atoms with Gasteiger partial charge in [0.25, 0.3) is 5.91 Å². The first kappa shape index (κ1) is 34.4. The summed E-state index contributed by atoms with van der Waals surface area (Å²) >= 11 is 13.1. The SMILES string of the molecule is CCOc1ccc(Cl)c(-c2ccc(C(=O)NC3(C(=O)O)CCCCC3)nc2-c2ccc(Cl)c(OCCCN(C)C)c2)n1.Cl. The van der Waals surface area contributed by atoms with E-state index in [0.717, 1.165) is 32.2 Å². The van der Waals surface area contributed by atoms with Gasteiger partial charge in [-0.1, -0.05) is 48.5 Å². The maximum atomic E-state index is 13.5. The molecule has 2 N–H and O–H groups in total. The molecule has 0 aliphatic heterocycles. The Morgan fingerprint density at radius 1 is 0.977 bits per heavy atom. The van der Waals surface area contributed by atoms with Crippen molar-refractivity contribution in [3.8, 4) is 34.1 Å². The van der Waals surface area contributed by atoms with E-state index in [9.17, 15) is 14.7 Å². The second kappa shape index (κ2) is 15.6. The number of carboxylic acid groups (broad SMARTS) is 1. The van der Waals surface area contributed by atoms with Crippen LogP contribution in [0.15, 0.2) is 42.5 Å². The molecular weight excluding hydrogens is 615 g/mol. The summed E-state index contributed by atoms with van der Waals surface area (Å²) < 4.78 is 11.6. The van der Waals surface area contributed by atoms with E-state index in [1.54, 1.807) is 42.5 Å². The molecule has 1 aliphatic carbocycles. The zero-order valence-electron chi connectivity index (χ0n) is 24.5. The van der Waals surface area contributed by atoms with E-state index in [1.165, 1.54) is 0 Å². The monoisotopic (exact) mass is 650 g/mol. The average molecular weight is 652 g/mol. The Morgan fingerprint density at radius 3 is 2.37 bits per heavy atom. The van der Waals surface area contributed by atoms with Crippen LogP contribution in [0.1, 0.15) is 55.9 Å². The molecule has 0 atom stereocenters. The summed E-state index contributed by atoms with van der Waals surface area (Å²) in [5.74, 6) is -0.732. The molecule has 1 aliphatic rings. The predicted octanol–water partition coefficient (Wildman–Crippen LogP) is 6.79. The van der Waals surface area contributed by atoms with Gasteiger partial charge in [-0.3, -0.25) is 4.79 Å². The topological polar surface area (TPSA) is 114 Å². The number of nitrogens with one attached hydrogen (secondary N) is 1. The third kappa shape index (κ3) is 8.50. The molecule has 2 heterocycles. The van der Waals surface area contributed by atoms with Crippen LogP contribution in [0.4, 0.5) is 0 Å². The highest BCUT2D eigenvalue weighted by molar-refractivity contribution is 6.33. The standard InChI is InChI=1S/C31H36Cl2N4O5.ClH/c1-4-41-26-14-12-23(33)28(35-26)21-10-13-24(29(38)36-31(30(39)40)15-6-5-7-16-31)34-27(21)20-9-11-22(32)25(19-20)42-18-8-17-37(2)3;/h9-14,19H,4-8,15-18H2,1-3H3,(H,36,38)(H,39,40);1H. The van der Waals surface area contributed by atoms with E-state index in [1.807, 2.05) is 21.0 Å². The molecule has 0 saturated heterocycles. The summed E-state index contributed by atoms with van der Waals surface area (Å²) in [7, 11) is 3.99. The molecule has 0 radical (unpaired) electrons. The number of ether oxygens (including phenoxy) is 2. The van der Waals surface area contributed by atoms with Crippen LogP contribution in [0, 0.1) is 0 Å². The van der Waals surface area contributed by atoms with Gasteiger partial charge in [-0.15, -0.1) is 12.4 Å². The fourth-order valence-corrected chi connectivity index (χ4v) is 5.37. The maximum Gasteiger partial charge on any atom is 0.329 e. The smallest absolute Gasteiger partial charge is 0.329 e. The van der Waals surface area contributed by atoms with Crippen LogP contribution in [0.25, 0.3) is 22.5 Å². The first-order valence-corrected chi connectivity index (χ1v) is 14.8. The molecule has 4 rings (SSSR count). The van der Waals surface area contributed by atoms with Gasteiger partial charge in [0, 0.05) is 23.7 Å². The Morgan fingerprint density at radius 2 is 1.70 bits per heavy atom. The fraction of sp³-hybridized carbons (Fsp3) is 0.419. The molecule has 1 fully saturated rings. The number of benzene rings is 1. The van der Waals surface area contributed by atoms with Crippen LogP contribution in [0.2, 0.25) is 10.0 Å². The molecule has 9 nitrogen and oxygen atoms in total. The van der Waals surface area contributed by atoms with E-state index in [4.69, 9.17) is 37.7 Å². The fourth-order valence-electron chi connectivity index (χ4n) is 4.99. The number of hydrogen-bond donors (Lipinski definition) is 2. The first-order valence-electron chi connectivity index (χ1n) is 14.1. The van der Waals surface area contributed by atoms with Crippen LogP contribution in [-0.4, -0.2) is 71.2 Å². The number of aromatic nitrogens is 2. The summed E-state index contributed by atoms with van der Waals surface area (Å²) in [6, 6.07) is 11.9. The summed E-state index contributed by atoms with van der Waals surface area (Å²) in [6.07, 6.45) is 3.94. The van der Waals surface area contributed by atoms with Gasteiger partial charge in [0.2, 0.25) is 5.88 Å². The summed E-state index contributed by atoms with van der Waals surface area (Å²) in [6.45, 7) is 3.61. The Bertz CT molecular complexity index is 1430. The molecule has 0 unspecified atom stereocenters. The molecule has 1 aromatic carbocycles. The number of rotatable bonds is 12. The van der Waals surface area contributed by atoms with Crippen molar-refractivity contribution < 1.29 is 24.2 Å². The first-order chi connectivity index (χ1) is 20.1. The van der Waals surface area contributed by atoms with Crippen molar-refractivity contribution in [3.63, 3.8) is 0 Å². The number of halogens is 3. The third-order valence-corrected chi connectivity index (χ3v) is 7.79. The van der Waals surface area contributed by atoms with Gasteiger partial charge in [-0.05, 0) is 70.6 Å². The highest BCUT2D eigenvalue weighted by Crippen LogP contribution is 2.38. The van der Waals surface area contributed by atoms with Crippen molar-refractivity contribution in [2.24, 2.45) is 0 Å². The van der Waals surface area contributed by atoms with Gasteiger partial charge in [0.05, 0.1) is 34.6 Å². The Kier molecular flexibility index (Phi) is 12.4. The average Bonchev–Trinajstić information content (AvgIpc) is 2.97. The maximum absolute atomic E-state index is 13.5. The van der Waals surface area contributed by atoms with E-state index in [2.05, 4.69) is 15.2 Å². The highest BCUT2D eigenvalue weighted by atomic mass is 35.5. The number of carbonyl (C=O) groups excluding carboxylic acids is 1. The van der Waals surface area contributed by atoms with Gasteiger partial charge in [-0.2, -0.15) is 0 Å². The molecular formula is C31H37Cl3N4O5. The van der Waals surface area contributed by atoms with Crippen molar-refractivity contribution in [3.05, 3.63) is 58.2 Å². The van der Waals surface area contributed by atoms with Crippen LogP contribution in [0.5, 0.6) is 11.6 Å². The Hall–Kier alpha value is -3.11. The second-order valence-electron chi connectivity index (χ2n) is 10.6. The highest BCUT2D eigenvalue weighted by Gasteiger charge is 2.41.